The number of nitrogens with zero attached hydrogens (tertiary/aromatic N) is 4. The first-order valence-electron chi connectivity index (χ1n) is 11.3. The predicted molar refractivity (Wildman–Crippen MR) is 134 cm³/mol. The van der Waals surface area contributed by atoms with Gasteiger partial charge >= 0.3 is 0 Å². The van der Waals surface area contributed by atoms with Crippen molar-refractivity contribution in [2.45, 2.75) is 0 Å². The lowest BCUT2D eigenvalue weighted by Gasteiger charge is -2.34. The summed E-state index contributed by atoms with van der Waals surface area (Å²) in [5.41, 5.74) is 2.96. The molecule has 2 heterocycles. The Bertz CT molecular complexity index is 1360. The van der Waals surface area contributed by atoms with Crippen molar-refractivity contribution in [3.8, 4) is 22.7 Å². The molecule has 7 nitrogen and oxygen atoms in total. The zero-order valence-corrected chi connectivity index (χ0v) is 19.6. The molecule has 1 fully saturated rings. The van der Waals surface area contributed by atoms with E-state index < -0.39 is 0 Å². The molecule has 1 saturated heterocycles. The molecule has 5 rings (SSSR count). The van der Waals surface area contributed by atoms with Gasteiger partial charge in [0.05, 0.1) is 16.8 Å². The monoisotopic (exact) mass is 486 g/mol. The van der Waals surface area contributed by atoms with E-state index in [1.165, 1.54) is 6.07 Å². The molecule has 0 aliphatic carbocycles. The van der Waals surface area contributed by atoms with E-state index in [4.69, 9.17) is 16.7 Å². The van der Waals surface area contributed by atoms with Crippen LogP contribution in [0.15, 0.2) is 85.1 Å². The van der Waals surface area contributed by atoms with Crippen LogP contribution < -0.4 is 0 Å². The number of aromatic nitrogens is 2. The third-order valence-electron chi connectivity index (χ3n) is 6.07. The molecule has 0 bridgehead atoms. The van der Waals surface area contributed by atoms with Gasteiger partial charge in [-0.3, -0.25) is 9.59 Å². The van der Waals surface area contributed by atoms with Crippen LogP contribution in [-0.4, -0.2) is 62.7 Å². The minimum atomic E-state index is -0.242. The third-order valence-corrected chi connectivity index (χ3v) is 6.32. The predicted octanol–water partition coefficient (Wildman–Crippen LogP) is 4.50. The van der Waals surface area contributed by atoms with Gasteiger partial charge in [-0.05, 0) is 36.4 Å². The van der Waals surface area contributed by atoms with Crippen LogP contribution >= 0.6 is 11.6 Å². The lowest BCUT2D eigenvalue weighted by atomic mass is 10.1. The van der Waals surface area contributed by atoms with E-state index in [1.807, 2.05) is 42.5 Å². The summed E-state index contributed by atoms with van der Waals surface area (Å²) >= 11 is 6.07. The van der Waals surface area contributed by atoms with E-state index in [1.54, 1.807) is 51.0 Å². The largest absolute Gasteiger partial charge is 0.507 e. The summed E-state index contributed by atoms with van der Waals surface area (Å²) in [6, 6.07) is 23.4. The summed E-state index contributed by atoms with van der Waals surface area (Å²) in [5.74, 6) is -0.433. The van der Waals surface area contributed by atoms with Crippen LogP contribution in [0.2, 0.25) is 5.02 Å². The van der Waals surface area contributed by atoms with E-state index in [-0.39, 0.29) is 23.1 Å². The first-order valence-corrected chi connectivity index (χ1v) is 11.7. The maximum atomic E-state index is 13.6. The van der Waals surface area contributed by atoms with Crippen LogP contribution in [0.3, 0.4) is 0 Å². The van der Waals surface area contributed by atoms with Crippen LogP contribution in [0.1, 0.15) is 20.7 Å². The maximum absolute atomic E-state index is 13.6. The van der Waals surface area contributed by atoms with Gasteiger partial charge in [-0.25, -0.2) is 4.68 Å². The Kier molecular flexibility index (Phi) is 6.25. The van der Waals surface area contributed by atoms with Crippen molar-refractivity contribution >= 4 is 23.4 Å². The molecular formula is C27H23ClN4O3. The minimum Gasteiger partial charge on any atom is -0.507 e. The lowest BCUT2D eigenvalue weighted by Crippen LogP contribution is -2.50. The molecule has 4 aromatic rings. The van der Waals surface area contributed by atoms with Gasteiger partial charge in [0.25, 0.3) is 11.8 Å². The van der Waals surface area contributed by atoms with Crippen molar-refractivity contribution in [3.63, 3.8) is 0 Å². The fraction of sp³-hybridized carbons (Fsp3) is 0.148. The van der Waals surface area contributed by atoms with Gasteiger partial charge in [0, 0.05) is 43.0 Å². The number of halogens is 1. The van der Waals surface area contributed by atoms with Crippen LogP contribution in [0, 0.1) is 0 Å². The summed E-state index contributed by atoms with van der Waals surface area (Å²) in [5, 5.41) is 15.4. The Balaban J connectivity index is 1.39. The third kappa shape index (κ3) is 4.63. The molecule has 176 valence electrons. The molecule has 1 N–H and O–H groups in total. The molecule has 0 radical (unpaired) electrons. The minimum absolute atomic E-state index is 0.0445. The lowest BCUT2D eigenvalue weighted by molar-refractivity contribution is 0.0534. The Morgan fingerprint density at radius 2 is 1.31 bits per heavy atom. The smallest absolute Gasteiger partial charge is 0.257 e. The van der Waals surface area contributed by atoms with Crippen molar-refractivity contribution in [3.05, 3.63) is 101 Å². The SMILES string of the molecule is O=C(c1ccccc1O)N1CCN(C(=O)c2cn(-c3ccccc3)nc2-c2ccc(Cl)cc2)CC1. The number of aromatic hydroxyl groups is 1. The highest BCUT2D eigenvalue weighted by Crippen LogP contribution is 2.27. The molecule has 2 amide bonds. The second-order valence-corrected chi connectivity index (χ2v) is 8.72. The number of hydrogen-bond donors (Lipinski definition) is 1. The highest BCUT2D eigenvalue weighted by atomic mass is 35.5. The number of carbonyl (C=O) groups is 2. The molecule has 0 spiro atoms. The van der Waals surface area contributed by atoms with Crippen molar-refractivity contribution in [1.29, 1.82) is 0 Å². The van der Waals surface area contributed by atoms with E-state index in [0.29, 0.717) is 42.5 Å². The molecule has 35 heavy (non-hydrogen) atoms. The van der Waals surface area contributed by atoms with Crippen molar-refractivity contribution in [2.75, 3.05) is 26.2 Å². The Labute approximate surface area is 207 Å². The van der Waals surface area contributed by atoms with Gasteiger partial charge in [-0.1, -0.05) is 54.1 Å². The van der Waals surface area contributed by atoms with Crippen LogP contribution in [-0.2, 0) is 0 Å². The van der Waals surface area contributed by atoms with E-state index in [2.05, 4.69) is 0 Å². The molecule has 0 saturated carbocycles. The van der Waals surface area contributed by atoms with Crippen LogP contribution in [0.5, 0.6) is 5.75 Å². The number of rotatable bonds is 4. The summed E-state index contributed by atoms with van der Waals surface area (Å²) in [7, 11) is 0. The molecule has 8 heteroatoms. The summed E-state index contributed by atoms with van der Waals surface area (Å²) < 4.78 is 1.70. The quantitative estimate of drug-likeness (QED) is 0.461. The van der Waals surface area contributed by atoms with E-state index in [0.717, 1.165) is 11.3 Å². The highest BCUT2D eigenvalue weighted by Gasteiger charge is 2.29. The molecule has 0 atom stereocenters. The number of para-hydroxylation sites is 2. The Morgan fingerprint density at radius 1 is 0.743 bits per heavy atom. The van der Waals surface area contributed by atoms with Crippen molar-refractivity contribution in [2.24, 2.45) is 0 Å². The molecular weight excluding hydrogens is 464 g/mol. The zero-order chi connectivity index (χ0) is 24.4. The van der Waals surface area contributed by atoms with Crippen LogP contribution in [0.25, 0.3) is 16.9 Å². The van der Waals surface area contributed by atoms with Gasteiger partial charge in [-0.15, -0.1) is 0 Å². The topological polar surface area (TPSA) is 78.7 Å². The molecule has 3 aromatic carbocycles. The average Bonchev–Trinajstić information content (AvgIpc) is 3.35. The highest BCUT2D eigenvalue weighted by molar-refractivity contribution is 6.30. The fourth-order valence-electron chi connectivity index (χ4n) is 4.17. The first kappa shape index (κ1) is 22.7. The normalized spacial score (nSPS) is 13.6. The Hall–Kier alpha value is -4.10. The molecule has 1 aliphatic rings. The van der Waals surface area contributed by atoms with E-state index >= 15 is 0 Å². The summed E-state index contributed by atoms with van der Waals surface area (Å²) in [6.45, 7) is 1.52. The molecule has 1 aliphatic heterocycles. The molecule has 0 unspecified atom stereocenters. The number of piperazine rings is 1. The summed E-state index contributed by atoms with van der Waals surface area (Å²) in [4.78, 5) is 29.8. The fourth-order valence-corrected chi connectivity index (χ4v) is 4.30. The summed E-state index contributed by atoms with van der Waals surface area (Å²) in [6.07, 6.45) is 1.75. The second-order valence-electron chi connectivity index (χ2n) is 8.28. The van der Waals surface area contributed by atoms with E-state index in [9.17, 15) is 14.7 Å². The maximum Gasteiger partial charge on any atom is 0.257 e. The number of benzene rings is 3. The number of amides is 2. The first-order chi connectivity index (χ1) is 17.0. The zero-order valence-electron chi connectivity index (χ0n) is 18.8. The van der Waals surface area contributed by atoms with Gasteiger partial charge < -0.3 is 14.9 Å². The van der Waals surface area contributed by atoms with Crippen LogP contribution in [0.4, 0.5) is 0 Å². The van der Waals surface area contributed by atoms with Crippen molar-refractivity contribution < 1.29 is 14.7 Å². The Morgan fingerprint density at radius 3 is 1.94 bits per heavy atom. The number of phenolic OH excluding ortho intramolecular Hbond substituents is 1. The van der Waals surface area contributed by atoms with Gasteiger partial charge in [0.2, 0.25) is 0 Å². The molecule has 1 aromatic heterocycles. The number of hydrogen-bond acceptors (Lipinski definition) is 4. The second kappa shape index (κ2) is 9.64. The van der Waals surface area contributed by atoms with Gasteiger partial charge in [-0.2, -0.15) is 5.10 Å². The average molecular weight is 487 g/mol. The van der Waals surface area contributed by atoms with Gasteiger partial charge in [0.1, 0.15) is 11.4 Å². The van der Waals surface area contributed by atoms with Gasteiger partial charge in [0.15, 0.2) is 0 Å². The number of phenols is 1. The standard InChI is InChI=1S/C27H23ClN4O3/c28-20-12-10-19(11-13-20)25-23(18-32(29-25)21-6-2-1-3-7-21)27(35)31-16-14-30(15-17-31)26(34)22-8-4-5-9-24(22)33/h1-13,18,33H,14-17H2. The van der Waals surface area contributed by atoms with Crippen molar-refractivity contribution in [1.82, 2.24) is 19.6 Å². The number of carbonyl (C=O) groups excluding carboxylic acids is 2.